The number of hydrogen-bond donors (Lipinski definition) is 2. The van der Waals surface area contributed by atoms with Crippen LogP contribution in [0.25, 0.3) is 0 Å². The van der Waals surface area contributed by atoms with Gasteiger partial charge in [0.15, 0.2) is 0 Å². The average molecular weight is 323 g/mol. The molecule has 0 heterocycles. The molecular weight excluding hydrogens is 302 g/mol. The number of carboxylic acid groups (broad SMARTS) is 1. The molecular formula is C20H21NO3. The maximum Gasteiger partial charge on any atom is 0.312 e. The van der Waals surface area contributed by atoms with Crippen LogP contribution in [-0.4, -0.2) is 23.5 Å². The van der Waals surface area contributed by atoms with E-state index in [4.69, 9.17) is 0 Å². The van der Waals surface area contributed by atoms with Crippen molar-refractivity contribution in [1.29, 1.82) is 0 Å². The number of benzene rings is 2. The van der Waals surface area contributed by atoms with Gasteiger partial charge in [-0.1, -0.05) is 60.2 Å². The second-order valence-corrected chi connectivity index (χ2v) is 6.46. The fraction of sp³-hybridized carbons (Fsp3) is 0.300. The summed E-state index contributed by atoms with van der Waals surface area (Å²) in [7, 11) is 0. The largest absolute Gasteiger partial charge is 0.481 e. The van der Waals surface area contributed by atoms with E-state index in [0.717, 1.165) is 24.0 Å². The zero-order valence-electron chi connectivity index (χ0n) is 13.7. The van der Waals surface area contributed by atoms with Crippen LogP contribution < -0.4 is 5.32 Å². The van der Waals surface area contributed by atoms with Crippen LogP contribution in [0.3, 0.4) is 0 Å². The lowest BCUT2D eigenvalue weighted by molar-refractivity contribution is -0.138. The topological polar surface area (TPSA) is 66.4 Å². The molecule has 0 radical (unpaired) electrons. The molecule has 1 aliphatic carbocycles. The molecule has 0 aromatic heterocycles. The monoisotopic (exact) mass is 323 g/mol. The summed E-state index contributed by atoms with van der Waals surface area (Å²) < 4.78 is 0. The second kappa shape index (κ2) is 6.48. The summed E-state index contributed by atoms with van der Waals surface area (Å²) >= 11 is 0. The Bertz CT molecular complexity index is 750. The van der Waals surface area contributed by atoms with E-state index in [1.165, 1.54) is 0 Å². The van der Waals surface area contributed by atoms with Gasteiger partial charge in [0, 0.05) is 6.54 Å². The van der Waals surface area contributed by atoms with Crippen LogP contribution in [0.15, 0.2) is 54.6 Å². The van der Waals surface area contributed by atoms with Crippen molar-refractivity contribution in [3.63, 3.8) is 0 Å². The fourth-order valence-corrected chi connectivity index (χ4v) is 3.11. The lowest BCUT2D eigenvalue weighted by Crippen LogP contribution is -2.38. The molecule has 1 aliphatic rings. The third kappa shape index (κ3) is 3.18. The van der Waals surface area contributed by atoms with Crippen molar-refractivity contribution in [2.75, 3.05) is 6.54 Å². The summed E-state index contributed by atoms with van der Waals surface area (Å²) in [4.78, 5) is 24.2. The molecule has 1 atom stereocenters. The van der Waals surface area contributed by atoms with Crippen LogP contribution in [-0.2, 0) is 15.0 Å². The van der Waals surface area contributed by atoms with E-state index >= 15 is 0 Å². The summed E-state index contributed by atoms with van der Waals surface area (Å²) in [6.07, 6.45) is 1.62. The van der Waals surface area contributed by atoms with Gasteiger partial charge in [-0.3, -0.25) is 9.59 Å². The zero-order valence-corrected chi connectivity index (χ0v) is 13.7. The van der Waals surface area contributed by atoms with Crippen molar-refractivity contribution >= 4 is 11.9 Å². The predicted octanol–water partition coefficient (Wildman–Crippen LogP) is 3.01. The highest BCUT2D eigenvalue weighted by Crippen LogP contribution is 2.48. The van der Waals surface area contributed by atoms with E-state index < -0.39 is 17.3 Å². The fourth-order valence-electron chi connectivity index (χ4n) is 3.11. The van der Waals surface area contributed by atoms with Gasteiger partial charge in [-0.05, 0) is 30.9 Å². The molecule has 4 heteroatoms. The number of nitrogens with one attached hydrogen (secondary N) is 1. The molecule has 124 valence electrons. The van der Waals surface area contributed by atoms with E-state index in [-0.39, 0.29) is 12.5 Å². The molecule has 1 amide bonds. The minimum atomic E-state index is -0.929. The maximum atomic E-state index is 12.7. The molecule has 0 saturated heterocycles. The van der Waals surface area contributed by atoms with Crippen molar-refractivity contribution in [2.45, 2.75) is 31.1 Å². The van der Waals surface area contributed by atoms with E-state index in [1.54, 1.807) is 12.1 Å². The Morgan fingerprint density at radius 2 is 1.83 bits per heavy atom. The Morgan fingerprint density at radius 1 is 1.12 bits per heavy atom. The van der Waals surface area contributed by atoms with E-state index in [0.29, 0.717) is 5.56 Å². The van der Waals surface area contributed by atoms with Gasteiger partial charge < -0.3 is 10.4 Å². The molecule has 0 aliphatic heterocycles. The lowest BCUT2D eigenvalue weighted by atomic mass is 9.93. The van der Waals surface area contributed by atoms with E-state index in [1.807, 2.05) is 49.4 Å². The first kappa shape index (κ1) is 16.2. The van der Waals surface area contributed by atoms with Crippen molar-refractivity contribution in [3.05, 3.63) is 71.3 Å². The lowest BCUT2D eigenvalue weighted by Gasteiger charge is -2.19. The maximum absolute atomic E-state index is 12.7. The number of aliphatic carboxylic acids is 1. The first-order valence-electron chi connectivity index (χ1n) is 8.16. The average Bonchev–Trinajstić information content (AvgIpc) is 3.37. The molecule has 24 heavy (non-hydrogen) atoms. The van der Waals surface area contributed by atoms with Crippen LogP contribution >= 0.6 is 0 Å². The first-order valence-corrected chi connectivity index (χ1v) is 8.16. The number of amides is 1. The summed E-state index contributed by atoms with van der Waals surface area (Å²) in [5.74, 6) is -1.74. The molecule has 1 unspecified atom stereocenters. The van der Waals surface area contributed by atoms with Gasteiger partial charge in [0.25, 0.3) is 0 Å². The van der Waals surface area contributed by atoms with Crippen LogP contribution in [0, 0.1) is 6.92 Å². The van der Waals surface area contributed by atoms with Crippen LogP contribution in [0.5, 0.6) is 0 Å². The number of carbonyl (C=O) groups is 2. The first-order chi connectivity index (χ1) is 11.5. The summed E-state index contributed by atoms with van der Waals surface area (Å²) in [5.41, 5.74) is 2.36. The van der Waals surface area contributed by atoms with Crippen LogP contribution in [0.2, 0.25) is 0 Å². The van der Waals surface area contributed by atoms with Crippen LogP contribution in [0.1, 0.15) is 35.4 Å². The van der Waals surface area contributed by atoms with Gasteiger partial charge in [-0.15, -0.1) is 0 Å². The normalized spacial score (nSPS) is 16.2. The van der Waals surface area contributed by atoms with Gasteiger partial charge in [0.2, 0.25) is 5.91 Å². The Balaban J connectivity index is 1.72. The molecule has 2 aromatic carbocycles. The summed E-state index contributed by atoms with van der Waals surface area (Å²) in [5, 5.41) is 12.3. The standard InChI is InChI=1S/C20H21NO3/c1-14-6-5-9-16(12-14)20(10-11-20)19(24)21-13-17(18(22)23)15-7-3-2-4-8-15/h2-9,12,17H,10-11,13H2,1H3,(H,21,24)(H,22,23). The second-order valence-electron chi connectivity index (χ2n) is 6.46. The summed E-state index contributed by atoms with van der Waals surface area (Å²) in [6.45, 7) is 2.11. The van der Waals surface area contributed by atoms with Gasteiger partial charge in [-0.2, -0.15) is 0 Å². The predicted molar refractivity (Wildman–Crippen MR) is 91.9 cm³/mol. The number of carboxylic acids is 1. The molecule has 3 rings (SSSR count). The smallest absolute Gasteiger partial charge is 0.312 e. The quantitative estimate of drug-likeness (QED) is 0.859. The number of carbonyl (C=O) groups excluding carboxylic acids is 1. The zero-order chi connectivity index (χ0) is 17.2. The molecule has 1 fully saturated rings. The van der Waals surface area contributed by atoms with Crippen molar-refractivity contribution in [1.82, 2.24) is 5.32 Å². The highest BCUT2D eigenvalue weighted by molar-refractivity contribution is 5.91. The number of rotatable bonds is 6. The molecule has 4 nitrogen and oxygen atoms in total. The molecule has 2 N–H and O–H groups in total. The van der Waals surface area contributed by atoms with Crippen molar-refractivity contribution in [3.8, 4) is 0 Å². The Kier molecular flexibility index (Phi) is 4.38. The third-order valence-electron chi connectivity index (χ3n) is 4.72. The van der Waals surface area contributed by atoms with E-state index in [9.17, 15) is 14.7 Å². The third-order valence-corrected chi connectivity index (χ3v) is 4.72. The molecule has 2 aromatic rings. The van der Waals surface area contributed by atoms with E-state index in [2.05, 4.69) is 5.32 Å². The minimum absolute atomic E-state index is 0.0738. The Labute approximate surface area is 141 Å². The van der Waals surface area contributed by atoms with Crippen molar-refractivity contribution in [2.24, 2.45) is 0 Å². The highest BCUT2D eigenvalue weighted by Gasteiger charge is 2.51. The van der Waals surface area contributed by atoms with Gasteiger partial charge >= 0.3 is 5.97 Å². The van der Waals surface area contributed by atoms with Gasteiger partial charge in [-0.25, -0.2) is 0 Å². The summed E-state index contributed by atoms with van der Waals surface area (Å²) in [6, 6.07) is 17.0. The van der Waals surface area contributed by atoms with Gasteiger partial charge in [0.05, 0.1) is 11.3 Å². The molecule has 0 bridgehead atoms. The van der Waals surface area contributed by atoms with Crippen molar-refractivity contribution < 1.29 is 14.7 Å². The van der Waals surface area contributed by atoms with Crippen LogP contribution in [0.4, 0.5) is 0 Å². The highest BCUT2D eigenvalue weighted by atomic mass is 16.4. The molecule has 1 saturated carbocycles. The Morgan fingerprint density at radius 3 is 2.42 bits per heavy atom. The van der Waals surface area contributed by atoms with Gasteiger partial charge in [0.1, 0.15) is 0 Å². The molecule has 0 spiro atoms. The SMILES string of the molecule is Cc1cccc(C2(C(=O)NCC(C(=O)O)c3ccccc3)CC2)c1. The minimum Gasteiger partial charge on any atom is -0.481 e. The number of hydrogen-bond acceptors (Lipinski definition) is 2. The Hall–Kier alpha value is -2.62. The number of aryl methyl sites for hydroxylation is 1.